The highest BCUT2D eigenvalue weighted by atomic mass is 19.1. The van der Waals surface area contributed by atoms with Crippen molar-refractivity contribution in [1.29, 1.82) is 0 Å². The quantitative estimate of drug-likeness (QED) is 0.522. The minimum absolute atomic E-state index is 0.103. The summed E-state index contributed by atoms with van der Waals surface area (Å²) in [5, 5.41) is 1.35. The molecule has 2 N–H and O–H groups in total. The van der Waals surface area contributed by atoms with Crippen LogP contribution in [-0.4, -0.2) is 23.4 Å². The fourth-order valence-corrected chi connectivity index (χ4v) is 3.59. The molecule has 1 heterocycles. The SMILES string of the molecule is NC(=O)c1cccc2c1c1c(OCC=O)cccc1n2Cc1cccc(F)c1. The van der Waals surface area contributed by atoms with Crippen molar-refractivity contribution in [2.75, 3.05) is 6.61 Å². The number of halogens is 1. The fourth-order valence-electron chi connectivity index (χ4n) is 3.59. The Bertz CT molecular complexity index is 1210. The fraction of sp³-hybridized carbons (Fsp3) is 0.0909. The van der Waals surface area contributed by atoms with Crippen LogP contribution in [0.15, 0.2) is 60.7 Å². The highest BCUT2D eigenvalue weighted by Crippen LogP contribution is 2.38. The van der Waals surface area contributed by atoms with Gasteiger partial charge in [0.2, 0.25) is 5.91 Å². The first-order valence-corrected chi connectivity index (χ1v) is 8.74. The Balaban J connectivity index is 2.04. The largest absolute Gasteiger partial charge is 0.485 e. The van der Waals surface area contributed by atoms with Crippen LogP contribution in [0.2, 0.25) is 0 Å². The van der Waals surface area contributed by atoms with Crippen molar-refractivity contribution in [3.05, 3.63) is 77.6 Å². The molecule has 0 radical (unpaired) electrons. The summed E-state index contributed by atoms with van der Waals surface area (Å²) in [5.41, 5.74) is 8.33. The Morgan fingerprint density at radius 1 is 1.04 bits per heavy atom. The number of carbonyl (C=O) groups is 2. The van der Waals surface area contributed by atoms with E-state index in [9.17, 15) is 14.0 Å². The molecule has 0 unspecified atom stereocenters. The number of hydrogen-bond donors (Lipinski definition) is 1. The van der Waals surface area contributed by atoms with Crippen LogP contribution in [0.25, 0.3) is 21.8 Å². The minimum Gasteiger partial charge on any atom is -0.485 e. The first kappa shape index (κ1) is 17.7. The number of benzene rings is 3. The Labute approximate surface area is 160 Å². The van der Waals surface area contributed by atoms with Crippen molar-refractivity contribution >= 4 is 34.0 Å². The summed E-state index contributed by atoms with van der Waals surface area (Å²) in [5.74, 6) is -0.381. The van der Waals surface area contributed by atoms with Crippen LogP contribution in [0.4, 0.5) is 4.39 Å². The molecule has 0 fully saturated rings. The zero-order valence-electron chi connectivity index (χ0n) is 14.9. The third-order valence-corrected chi connectivity index (χ3v) is 4.68. The van der Waals surface area contributed by atoms with E-state index in [4.69, 9.17) is 10.5 Å². The number of nitrogens with zero attached hydrogens (tertiary/aromatic N) is 1. The third-order valence-electron chi connectivity index (χ3n) is 4.68. The second-order valence-electron chi connectivity index (χ2n) is 6.41. The molecule has 0 bridgehead atoms. The summed E-state index contributed by atoms with van der Waals surface area (Å²) < 4.78 is 21.3. The summed E-state index contributed by atoms with van der Waals surface area (Å²) in [6, 6.07) is 17.1. The Morgan fingerprint density at radius 2 is 1.75 bits per heavy atom. The first-order valence-electron chi connectivity index (χ1n) is 8.74. The predicted octanol–water partition coefficient (Wildman–Crippen LogP) is 3.66. The lowest BCUT2D eigenvalue weighted by atomic mass is 10.1. The Kier molecular flexibility index (Phi) is 4.53. The van der Waals surface area contributed by atoms with E-state index in [2.05, 4.69) is 0 Å². The highest BCUT2D eigenvalue weighted by Gasteiger charge is 2.19. The van der Waals surface area contributed by atoms with Gasteiger partial charge in [-0.1, -0.05) is 24.3 Å². The molecular weight excluding hydrogens is 359 g/mol. The molecule has 0 aliphatic heterocycles. The van der Waals surface area contributed by atoms with Crippen LogP contribution in [-0.2, 0) is 11.3 Å². The van der Waals surface area contributed by atoms with Gasteiger partial charge >= 0.3 is 0 Å². The maximum atomic E-state index is 13.7. The maximum absolute atomic E-state index is 13.7. The predicted molar refractivity (Wildman–Crippen MR) is 105 cm³/mol. The zero-order valence-corrected chi connectivity index (χ0v) is 14.9. The van der Waals surface area contributed by atoms with Crippen molar-refractivity contribution in [1.82, 2.24) is 4.57 Å². The normalized spacial score (nSPS) is 11.0. The average molecular weight is 376 g/mol. The molecule has 1 amide bonds. The molecule has 28 heavy (non-hydrogen) atoms. The van der Waals surface area contributed by atoms with Crippen molar-refractivity contribution < 1.29 is 18.7 Å². The van der Waals surface area contributed by atoms with Crippen molar-refractivity contribution in [3.63, 3.8) is 0 Å². The lowest BCUT2D eigenvalue weighted by molar-refractivity contribution is -0.109. The van der Waals surface area contributed by atoms with Gasteiger partial charge < -0.3 is 15.0 Å². The van der Waals surface area contributed by atoms with E-state index < -0.39 is 5.91 Å². The summed E-state index contributed by atoms with van der Waals surface area (Å²) >= 11 is 0. The van der Waals surface area contributed by atoms with Gasteiger partial charge in [-0.25, -0.2) is 4.39 Å². The van der Waals surface area contributed by atoms with Crippen molar-refractivity contribution in [2.24, 2.45) is 5.73 Å². The number of nitrogens with two attached hydrogens (primary N) is 1. The van der Waals surface area contributed by atoms with E-state index in [-0.39, 0.29) is 12.4 Å². The number of hydrogen-bond acceptors (Lipinski definition) is 3. The molecule has 4 aromatic rings. The van der Waals surface area contributed by atoms with Gasteiger partial charge in [-0.15, -0.1) is 0 Å². The molecule has 0 saturated heterocycles. The lowest BCUT2D eigenvalue weighted by Crippen LogP contribution is -2.11. The number of fused-ring (bicyclic) bond motifs is 3. The standard InChI is InChI=1S/C22H17FN2O3/c23-15-5-1-4-14(12-15)13-25-17-7-2-6-16(22(24)27)20(17)21-18(25)8-3-9-19(21)28-11-10-26/h1-10,12H,11,13H2,(H2,24,27). The second-order valence-corrected chi connectivity index (χ2v) is 6.41. The molecule has 1 aromatic heterocycles. The van der Waals surface area contributed by atoms with Crippen LogP contribution >= 0.6 is 0 Å². The summed E-state index contributed by atoms with van der Waals surface area (Å²) in [4.78, 5) is 22.9. The van der Waals surface area contributed by atoms with Gasteiger partial charge in [-0.2, -0.15) is 0 Å². The van der Waals surface area contributed by atoms with Crippen molar-refractivity contribution in [3.8, 4) is 5.75 Å². The molecule has 0 atom stereocenters. The van der Waals surface area contributed by atoms with E-state index in [0.717, 1.165) is 16.6 Å². The van der Waals surface area contributed by atoms with Crippen LogP contribution in [0.1, 0.15) is 15.9 Å². The number of amides is 1. The van der Waals surface area contributed by atoms with E-state index in [1.807, 2.05) is 28.8 Å². The van der Waals surface area contributed by atoms with Crippen LogP contribution < -0.4 is 10.5 Å². The number of primary amides is 1. The number of rotatable bonds is 6. The van der Waals surface area contributed by atoms with Gasteiger partial charge in [-0.3, -0.25) is 9.59 Å². The van der Waals surface area contributed by atoms with Crippen molar-refractivity contribution in [2.45, 2.75) is 6.54 Å². The molecule has 5 nitrogen and oxygen atoms in total. The first-order chi connectivity index (χ1) is 13.6. The summed E-state index contributed by atoms with van der Waals surface area (Å²) in [6.45, 7) is 0.297. The molecule has 140 valence electrons. The van der Waals surface area contributed by atoms with Gasteiger partial charge in [0.05, 0.1) is 16.4 Å². The van der Waals surface area contributed by atoms with E-state index in [0.29, 0.717) is 34.9 Å². The van der Waals surface area contributed by atoms with Gasteiger partial charge in [0.15, 0.2) is 6.29 Å². The number of ether oxygens (including phenoxy) is 1. The monoisotopic (exact) mass is 376 g/mol. The van der Waals surface area contributed by atoms with Crippen LogP contribution in [0.3, 0.4) is 0 Å². The maximum Gasteiger partial charge on any atom is 0.249 e. The van der Waals surface area contributed by atoms with Gasteiger partial charge in [0, 0.05) is 17.5 Å². The highest BCUT2D eigenvalue weighted by molar-refractivity contribution is 6.19. The summed E-state index contributed by atoms with van der Waals surface area (Å²) in [7, 11) is 0. The zero-order chi connectivity index (χ0) is 19.7. The molecule has 4 rings (SSSR count). The molecule has 6 heteroatoms. The lowest BCUT2D eigenvalue weighted by Gasteiger charge is -2.09. The molecular formula is C22H17FN2O3. The van der Waals surface area contributed by atoms with Crippen LogP contribution in [0, 0.1) is 5.82 Å². The smallest absolute Gasteiger partial charge is 0.249 e. The molecule has 0 aliphatic rings. The molecule has 3 aromatic carbocycles. The Hall–Kier alpha value is -3.67. The third kappa shape index (κ3) is 2.99. The van der Waals surface area contributed by atoms with Crippen LogP contribution in [0.5, 0.6) is 5.75 Å². The van der Waals surface area contributed by atoms with E-state index in [1.165, 1.54) is 12.1 Å². The molecule has 0 aliphatic carbocycles. The van der Waals surface area contributed by atoms with E-state index in [1.54, 1.807) is 24.3 Å². The van der Waals surface area contributed by atoms with Gasteiger partial charge in [0.25, 0.3) is 0 Å². The number of aldehydes is 1. The summed E-state index contributed by atoms with van der Waals surface area (Å²) in [6.07, 6.45) is 0.666. The van der Waals surface area contributed by atoms with Gasteiger partial charge in [-0.05, 0) is 42.0 Å². The van der Waals surface area contributed by atoms with E-state index >= 15 is 0 Å². The molecule has 0 saturated carbocycles. The minimum atomic E-state index is -0.555. The average Bonchev–Trinajstić information content (AvgIpc) is 3.01. The molecule has 0 spiro atoms. The van der Waals surface area contributed by atoms with Gasteiger partial charge in [0.1, 0.15) is 18.2 Å². The number of carbonyl (C=O) groups excluding carboxylic acids is 2. The number of aromatic nitrogens is 1. The Morgan fingerprint density at radius 3 is 2.46 bits per heavy atom. The second kappa shape index (κ2) is 7.15. The topological polar surface area (TPSA) is 74.3 Å².